The summed E-state index contributed by atoms with van der Waals surface area (Å²) >= 11 is 9.24. The molecule has 0 saturated carbocycles. The van der Waals surface area contributed by atoms with Gasteiger partial charge in [0.2, 0.25) is 0 Å². The molecule has 1 aliphatic rings. The van der Waals surface area contributed by atoms with Crippen LogP contribution in [0.3, 0.4) is 0 Å². The summed E-state index contributed by atoms with van der Waals surface area (Å²) in [5, 5.41) is 3.46. The highest BCUT2D eigenvalue weighted by molar-refractivity contribution is 9.10. The largest absolute Gasteiger partial charge is 0.381 e. The molecule has 0 aromatic heterocycles. The number of benzene rings is 1. The van der Waals surface area contributed by atoms with Crippen molar-refractivity contribution in [1.82, 2.24) is 4.90 Å². The van der Waals surface area contributed by atoms with E-state index in [0.29, 0.717) is 17.5 Å². The number of ether oxygens (including phenoxy) is 1. The fraction of sp³-hybridized carbons (Fsp3) is 0.462. The molecule has 6 heteroatoms. The highest BCUT2D eigenvalue weighted by Gasteiger charge is 2.20. The van der Waals surface area contributed by atoms with Gasteiger partial charge in [-0.3, -0.25) is 0 Å². The van der Waals surface area contributed by atoms with Gasteiger partial charge in [0.05, 0.1) is 11.6 Å². The van der Waals surface area contributed by atoms with E-state index in [0.717, 1.165) is 29.8 Å². The van der Waals surface area contributed by atoms with E-state index < -0.39 is 0 Å². The number of anilines is 1. The Kier molecular flexibility index (Phi) is 5.07. The molecule has 0 unspecified atom stereocenters. The first kappa shape index (κ1) is 14.6. The smallest absolute Gasteiger partial charge is 0.321 e. The molecule has 1 aliphatic heterocycles. The molecule has 2 amide bonds. The number of hydrogen-bond donors (Lipinski definition) is 1. The van der Waals surface area contributed by atoms with Gasteiger partial charge in [-0.25, -0.2) is 4.79 Å². The number of rotatable bonds is 3. The van der Waals surface area contributed by atoms with Crippen molar-refractivity contribution in [1.29, 1.82) is 0 Å². The number of nitrogens with one attached hydrogen (secondary N) is 1. The highest BCUT2D eigenvalue weighted by atomic mass is 79.9. The number of nitrogens with zero attached hydrogens (tertiary/aromatic N) is 1. The number of carbonyl (C=O) groups excluding carboxylic acids is 1. The third-order valence-corrected chi connectivity index (χ3v) is 4.29. The molecule has 1 atom stereocenters. The summed E-state index contributed by atoms with van der Waals surface area (Å²) in [5.41, 5.74) is 0.718. The van der Waals surface area contributed by atoms with Crippen molar-refractivity contribution in [3.63, 3.8) is 0 Å². The van der Waals surface area contributed by atoms with Gasteiger partial charge in [-0.05, 0) is 40.5 Å². The fourth-order valence-corrected chi connectivity index (χ4v) is 2.49. The van der Waals surface area contributed by atoms with E-state index in [1.807, 2.05) is 0 Å². The molecule has 0 bridgehead atoms. The van der Waals surface area contributed by atoms with Crippen LogP contribution in [-0.2, 0) is 4.74 Å². The third-order valence-electron chi connectivity index (χ3n) is 3.07. The fourth-order valence-electron chi connectivity index (χ4n) is 1.99. The topological polar surface area (TPSA) is 41.6 Å². The third kappa shape index (κ3) is 4.09. The lowest BCUT2D eigenvalue weighted by Gasteiger charge is -2.21. The Balaban J connectivity index is 1.90. The molecule has 1 heterocycles. The van der Waals surface area contributed by atoms with Gasteiger partial charge in [-0.15, -0.1) is 0 Å². The van der Waals surface area contributed by atoms with Crippen LogP contribution in [0.5, 0.6) is 0 Å². The van der Waals surface area contributed by atoms with Crippen LogP contribution in [0.4, 0.5) is 10.5 Å². The Morgan fingerprint density at radius 1 is 1.63 bits per heavy atom. The number of carbonyl (C=O) groups is 1. The molecule has 0 spiro atoms. The van der Waals surface area contributed by atoms with Gasteiger partial charge >= 0.3 is 6.03 Å². The van der Waals surface area contributed by atoms with E-state index in [9.17, 15) is 4.79 Å². The minimum absolute atomic E-state index is 0.124. The molecule has 104 valence electrons. The lowest BCUT2D eigenvalue weighted by molar-refractivity contribution is 0.175. The SMILES string of the molecule is CN(C[C@@H]1CCOC1)C(=O)Nc1ccc(Cl)c(Br)c1. The Labute approximate surface area is 126 Å². The quantitative estimate of drug-likeness (QED) is 0.907. The monoisotopic (exact) mass is 346 g/mol. The molecule has 1 aromatic carbocycles. The first-order valence-corrected chi connectivity index (χ1v) is 7.28. The van der Waals surface area contributed by atoms with Crippen LogP contribution in [0.2, 0.25) is 5.02 Å². The van der Waals surface area contributed by atoms with Gasteiger partial charge < -0.3 is 15.0 Å². The second-order valence-electron chi connectivity index (χ2n) is 4.67. The minimum atomic E-state index is -0.124. The Morgan fingerprint density at radius 2 is 2.42 bits per heavy atom. The molecular formula is C13H16BrClN2O2. The summed E-state index contributed by atoms with van der Waals surface area (Å²) in [6.45, 7) is 2.25. The van der Waals surface area contributed by atoms with Gasteiger partial charge in [0.15, 0.2) is 0 Å². The molecule has 1 saturated heterocycles. The maximum atomic E-state index is 12.0. The van der Waals surface area contributed by atoms with Gasteiger partial charge in [0, 0.05) is 36.3 Å². The van der Waals surface area contributed by atoms with Crippen LogP contribution in [0, 0.1) is 5.92 Å². The van der Waals surface area contributed by atoms with E-state index in [4.69, 9.17) is 16.3 Å². The Morgan fingerprint density at radius 3 is 3.05 bits per heavy atom. The van der Waals surface area contributed by atoms with E-state index >= 15 is 0 Å². The average molecular weight is 348 g/mol. The summed E-state index contributed by atoms with van der Waals surface area (Å²) in [5.74, 6) is 0.438. The van der Waals surface area contributed by atoms with Gasteiger partial charge in [0.25, 0.3) is 0 Å². The summed E-state index contributed by atoms with van der Waals surface area (Å²) in [7, 11) is 1.79. The second-order valence-corrected chi connectivity index (χ2v) is 5.93. The van der Waals surface area contributed by atoms with Crippen LogP contribution in [0.1, 0.15) is 6.42 Å². The lowest BCUT2D eigenvalue weighted by Crippen LogP contribution is -2.35. The lowest BCUT2D eigenvalue weighted by atomic mass is 10.1. The molecular weight excluding hydrogens is 332 g/mol. The van der Waals surface area contributed by atoms with Crippen molar-refractivity contribution < 1.29 is 9.53 Å². The van der Waals surface area contributed by atoms with Crippen molar-refractivity contribution >= 4 is 39.2 Å². The Hall–Kier alpha value is -0.780. The molecule has 0 radical (unpaired) electrons. The normalized spacial score (nSPS) is 18.4. The van der Waals surface area contributed by atoms with E-state index in [2.05, 4.69) is 21.2 Å². The van der Waals surface area contributed by atoms with Crippen LogP contribution in [0.25, 0.3) is 0 Å². The van der Waals surface area contributed by atoms with E-state index in [-0.39, 0.29) is 6.03 Å². The second kappa shape index (κ2) is 6.59. The molecule has 4 nitrogen and oxygen atoms in total. The van der Waals surface area contributed by atoms with Crippen LogP contribution >= 0.6 is 27.5 Å². The molecule has 1 N–H and O–H groups in total. The first-order chi connectivity index (χ1) is 9.06. The van der Waals surface area contributed by atoms with Crippen molar-refractivity contribution in [2.75, 3.05) is 32.1 Å². The van der Waals surface area contributed by atoms with Gasteiger partial charge in [-0.2, -0.15) is 0 Å². The summed E-state index contributed by atoms with van der Waals surface area (Å²) in [6.07, 6.45) is 1.02. The summed E-state index contributed by atoms with van der Waals surface area (Å²) in [6, 6.07) is 5.18. The number of halogens is 2. The maximum Gasteiger partial charge on any atom is 0.321 e. The zero-order valence-corrected chi connectivity index (χ0v) is 13.0. The molecule has 1 fully saturated rings. The zero-order valence-electron chi connectivity index (χ0n) is 10.7. The van der Waals surface area contributed by atoms with E-state index in [1.54, 1.807) is 30.1 Å². The van der Waals surface area contributed by atoms with Crippen molar-refractivity contribution in [3.05, 3.63) is 27.7 Å². The highest BCUT2D eigenvalue weighted by Crippen LogP contribution is 2.25. The summed E-state index contributed by atoms with van der Waals surface area (Å²) < 4.78 is 6.07. The van der Waals surface area contributed by atoms with E-state index in [1.165, 1.54) is 0 Å². The predicted octanol–water partition coefficient (Wildman–Crippen LogP) is 3.60. The Bertz CT molecular complexity index is 464. The van der Waals surface area contributed by atoms with Crippen molar-refractivity contribution in [2.24, 2.45) is 5.92 Å². The predicted molar refractivity (Wildman–Crippen MR) is 79.7 cm³/mol. The first-order valence-electron chi connectivity index (χ1n) is 6.11. The zero-order chi connectivity index (χ0) is 13.8. The molecule has 19 heavy (non-hydrogen) atoms. The van der Waals surface area contributed by atoms with Crippen LogP contribution in [0.15, 0.2) is 22.7 Å². The van der Waals surface area contributed by atoms with Gasteiger partial charge in [0.1, 0.15) is 0 Å². The number of hydrogen-bond acceptors (Lipinski definition) is 2. The minimum Gasteiger partial charge on any atom is -0.381 e. The molecule has 1 aromatic rings. The number of amides is 2. The van der Waals surface area contributed by atoms with Gasteiger partial charge in [-0.1, -0.05) is 11.6 Å². The standard InChI is InChI=1S/C13H16BrClN2O2/c1-17(7-9-4-5-19-8-9)13(18)16-10-2-3-12(15)11(14)6-10/h2-3,6,9H,4-5,7-8H2,1H3,(H,16,18)/t9-/m0/s1. The number of urea groups is 1. The van der Waals surface area contributed by atoms with Crippen LogP contribution < -0.4 is 5.32 Å². The molecule has 0 aliphatic carbocycles. The van der Waals surface area contributed by atoms with Crippen LogP contribution in [-0.4, -0.2) is 37.7 Å². The maximum absolute atomic E-state index is 12.0. The van der Waals surface area contributed by atoms with Crippen molar-refractivity contribution in [3.8, 4) is 0 Å². The average Bonchev–Trinajstić information content (AvgIpc) is 2.86. The summed E-state index contributed by atoms with van der Waals surface area (Å²) in [4.78, 5) is 13.7. The molecule has 2 rings (SSSR count). The van der Waals surface area contributed by atoms with Crippen molar-refractivity contribution in [2.45, 2.75) is 6.42 Å².